The van der Waals surface area contributed by atoms with Gasteiger partial charge in [-0.15, -0.1) is 0 Å². The first-order valence-electron chi connectivity index (χ1n) is 9.71. The lowest BCUT2D eigenvalue weighted by atomic mass is 9.93. The molecule has 4 heteroatoms. The fraction of sp³-hybridized carbons (Fsp3) is 0.240. The Morgan fingerprint density at radius 2 is 1.55 bits per heavy atom. The molecule has 0 bridgehead atoms. The summed E-state index contributed by atoms with van der Waals surface area (Å²) in [6, 6.07) is 19.3. The van der Waals surface area contributed by atoms with Crippen molar-refractivity contribution in [3.63, 3.8) is 0 Å². The van der Waals surface area contributed by atoms with Crippen LogP contribution in [0.3, 0.4) is 0 Å². The smallest absolute Gasteiger partial charge is 0.378 e. The topological polar surface area (TPSA) is 37.4 Å². The molecule has 1 unspecified atom stereocenters. The predicted molar refractivity (Wildman–Crippen MR) is 122 cm³/mol. The first kappa shape index (κ1) is 21.0. The predicted octanol–water partition coefficient (Wildman–Crippen LogP) is 5.56. The van der Waals surface area contributed by atoms with Gasteiger partial charge in [-0.3, -0.25) is 4.79 Å². The second-order valence-corrected chi connectivity index (χ2v) is 9.18. The first-order chi connectivity index (χ1) is 13.8. The second kappa shape index (κ2) is 8.71. The van der Waals surface area contributed by atoms with Crippen molar-refractivity contribution in [2.24, 2.45) is 0 Å². The van der Waals surface area contributed by atoms with Gasteiger partial charge in [-0.2, -0.15) is 0 Å². The maximum Gasteiger partial charge on any atom is 0.382 e. The highest BCUT2D eigenvalue weighted by Gasteiger charge is 2.29. The third-order valence-electron chi connectivity index (χ3n) is 5.48. The number of carbonyl (C=O) groups is 1. The lowest BCUT2D eigenvalue weighted by Gasteiger charge is -2.15. The van der Waals surface area contributed by atoms with E-state index in [0.29, 0.717) is 22.6 Å². The number of benzene rings is 3. The van der Waals surface area contributed by atoms with Gasteiger partial charge in [0.25, 0.3) is 0 Å². The lowest BCUT2D eigenvalue weighted by Crippen LogP contribution is -2.18. The van der Waals surface area contributed by atoms with Crippen LogP contribution in [0, 0.1) is 20.8 Å². The van der Waals surface area contributed by atoms with Gasteiger partial charge < -0.3 is 4.90 Å². The van der Waals surface area contributed by atoms with Crippen LogP contribution in [0.15, 0.2) is 60.7 Å². The molecule has 0 saturated carbocycles. The summed E-state index contributed by atoms with van der Waals surface area (Å²) in [5.74, 6) is -0.0688. The van der Waals surface area contributed by atoms with Gasteiger partial charge in [0.2, 0.25) is 5.30 Å². The van der Waals surface area contributed by atoms with Crippen LogP contribution in [0.4, 0.5) is 5.69 Å². The summed E-state index contributed by atoms with van der Waals surface area (Å²) in [6.45, 7) is 6.06. The average molecular weight is 404 g/mol. The van der Waals surface area contributed by atoms with Gasteiger partial charge >= 0.3 is 7.80 Å². The van der Waals surface area contributed by atoms with Gasteiger partial charge in [0.15, 0.2) is 11.9 Å². The van der Waals surface area contributed by atoms with E-state index in [1.807, 2.05) is 100 Å². The molecule has 0 aromatic heterocycles. The Labute approximate surface area is 174 Å². The summed E-state index contributed by atoms with van der Waals surface area (Å²) in [5.41, 5.74) is 6.39. The zero-order valence-corrected chi connectivity index (χ0v) is 18.6. The summed E-state index contributed by atoms with van der Waals surface area (Å²) >= 11 is 0. The van der Waals surface area contributed by atoms with Gasteiger partial charge in [-0.05, 0) is 55.7 Å². The van der Waals surface area contributed by atoms with Crippen LogP contribution >= 0.6 is 7.80 Å². The van der Waals surface area contributed by atoms with Crippen LogP contribution in [0.1, 0.15) is 38.2 Å². The summed E-state index contributed by atoms with van der Waals surface area (Å²) in [5, 5.41) is 0.622. The average Bonchev–Trinajstić information content (AvgIpc) is 2.72. The molecule has 0 heterocycles. The molecule has 0 aliphatic carbocycles. The van der Waals surface area contributed by atoms with Crippen LogP contribution in [0.5, 0.6) is 0 Å². The monoisotopic (exact) mass is 404 g/mol. The molecule has 3 aromatic carbocycles. The van der Waals surface area contributed by atoms with E-state index in [9.17, 15) is 9.36 Å². The van der Waals surface area contributed by atoms with Crippen molar-refractivity contribution in [2.45, 2.75) is 26.9 Å². The van der Waals surface area contributed by atoms with Gasteiger partial charge in [-0.1, -0.05) is 47.0 Å². The highest BCUT2D eigenvalue weighted by molar-refractivity contribution is 7.52. The number of anilines is 1. The molecule has 0 aliphatic rings. The number of hydrogen-bond acceptors (Lipinski definition) is 3. The van der Waals surface area contributed by atoms with Crippen molar-refractivity contribution in [2.75, 3.05) is 19.0 Å². The molecule has 0 radical (unpaired) electrons. The Morgan fingerprint density at radius 3 is 2.21 bits per heavy atom. The zero-order chi connectivity index (χ0) is 21.1. The van der Waals surface area contributed by atoms with Crippen molar-refractivity contribution in [3.8, 4) is 0 Å². The number of nitrogens with zero attached hydrogens (tertiary/aromatic N) is 1. The van der Waals surface area contributed by atoms with Gasteiger partial charge in [0, 0.05) is 30.9 Å². The van der Waals surface area contributed by atoms with Crippen molar-refractivity contribution >= 4 is 24.6 Å². The number of hydrogen-bond donors (Lipinski definition) is 0. The van der Waals surface area contributed by atoms with Crippen LogP contribution in [-0.2, 0) is 10.7 Å². The molecule has 0 spiro atoms. The Kier molecular flexibility index (Phi) is 6.30. The SMILES string of the molecule is Cc1ccc(C(=O)c2cc(N(C)C)ccc2[P+](=O)Cc2ccccc2)c(C)c1C. The summed E-state index contributed by atoms with van der Waals surface area (Å²) in [4.78, 5) is 15.5. The molecule has 3 nitrogen and oxygen atoms in total. The summed E-state index contributed by atoms with van der Waals surface area (Å²) in [7, 11) is 2.14. The van der Waals surface area contributed by atoms with Crippen LogP contribution < -0.4 is 10.2 Å². The van der Waals surface area contributed by atoms with E-state index in [4.69, 9.17) is 0 Å². The van der Waals surface area contributed by atoms with Crippen LogP contribution in [0.25, 0.3) is 0 Å². The lowest BCUT2D eigenvalue weighted by molar-refractivity contribution is 0.103. The number of aryl methyl sites for hydroxylation is 1. The Morgan fingerprint density at radius 1 is 0.862 bits per heavy atom. The standard InChI is InChI=1S/C25H27NO2P/c1-17-11-13-22(19(3)18(17)2)25(27)23-15-21(26(4)5)12-14-24(23)29(28)16-20-9-7-6-8-10-20/h6-15H,16H2,1-5H3/q+1. The van der Waals surface area contributed by atoms with E-state index in [2.05, 4.69) is 0 Å². The normalized spacial score (nSPS) is 11.3. The molecule has 0 saturated heterocycles. The summed E-state index contributed by atoms with van der Waals surface area (Å²) in [6.07, 6.45) is 0.420. The van der Waals surface area contributed by atoms with Crippen molar-refractivity contribution in [3.05, 3.63) is 94.0 Å². The minimum atomic E-state index is -1.74. The minimum Gasteiger partial charge on any atom is -0.378 e. The molecular formula is C25H27NO2P+. The highest BCUT2D eigenvalue weighted by Crippen LogP contribution is 2.31. The molecule has 0 N–H and O–H groups in total. The number of carbonyl (C=O) groups excluding carboxylic acids is 1. The zero-order valence-electron chi connectivity index (χ0n) is 17.7. The molecule has 29 heavy (non-hydrogen) atoms. The van der Waals surface area contributed by atoms with Crippen LogP contribution in [0.2, 0.25) is 0 Å². The van der Waals surface area contributed by atoms with Crippen molar-refractivity contribution in [1.82, 2.24) is 0 Å². The Hall–Kier alpha value is -2.77. The quantitative estimate of drug-likeness (QED) is 0.399. The van der Waals surface area contributed by atoms with E-state index in [0.717, 1.165) is 27.9 Å². The summed E-state index contributed by atoms with van der Waals surface area (Å²) < 4.78 is 13.2. The van der Waals surface area contributed by atoms with Gasteiger partial charge in [0.05, 0.1) is 5.56 Å². The second-order valence-electron chi connectivity index (χ2n) is 7.63. The molecular weight excluding hydrogens is 377 g/mol. The Balaban J connectivity index is 2.08. The van der Waals surface area contributed by atoms with Crippen molar-refractivity contribution < 1.29 is 9.36 Å². The first-order valence-corrected chi connectivity index (χ1v) is 11.2. The molecule has 0 amide bonds. The number of ketones is 1. The number of rotatable bonds is 6. The van der Waals surface area contributed by atoms with E-state index in [1.54, 1.807) is 0 Å². The maximum atomic E-state index is 13.5. The van der Waals surface area contributed by atoms with Gasteiger partial charge in [-0.25, -0.2) is 0 Å². The van der Waals surface area contributed by atoms with E-state index >= 15 is 0 Å². The van der Waals surface area contributed by atoms with E-state index < -0.39 is 7.80 Å². The maximum absolute atomic E-state index is 13.5. The minimum absolute atomic E-state index is 0.0688. The van der Waals surface area contributed by atoms with Crippen LogP contribution in [-0.4, -0.2) is 19.9 Å². The molecule has 0 aliphatic heterocycles. The Bertz CT molecular complexity index is 1070. The third-order valence-corrected chi connectivity index (χ3v) is 7.06. The van der Waals surface area contributed by atoms with E-state index in [-0.39, 0.29) is 5.78 Å². The molecule has 1 atom stereocenters. The molecule has 0 fully saturated rings. The molecule has 3 rings (SSSR count). The largest absolute Gasteiger partial charge is 0.382 e. The highest BCUT2D eigenvalue weighted by atomic mass is 31.1. The van der Waals surface area contributed by atoms with E-state index in [1.165, 1.54) is 0 Å². The molecule has 148 valence electrons. The fourth-order valence-electron chi connectivity index (χ4n) is 3.38. The fourth-order valence-corrected chi connectivity index (χ4v) is 4.77. The van der Waals surface area contributed by atoms with Gasteiger partial charge in [0.1, 0.15) is 0 Å². The third kappa shape index (κ3) is 4.46. The van der Waals surface area contributed by atoms with Crippen molar-refractivity contribution in [1.29, 1.82) is 0 Å². The molecule has 3 aromatic rings.